The van der Waals surface area contributed by atoms with Crippen LogP contribution in [0.2, 0.25) is 0 Å². The van der Waals surface area contributed by atoms with Crippen LogP contribution in [0, 0.1) is 20.8 Å². The summed E-state index contributed by atoms with van der Waals surface area (Å²) in [5, 5.41) is 25.4. The van der Waals surface area contributed by atoms with Crippen LogP contribution in [0.5, 0.6) is 11.5 Å². The summed E-state index contributed by atoms with van der Waals surface area (Å²) in [5.74, 6) is 0.423. The van der Waals surface area contributed by atoms with Crippen molar-refractivity contribution >= 4 is 35.4 Å². The third-order valence-corrected chi connectivity index (χ3v) is 11.8. The van der Waals surface area contributed by atoms with Gasteiger partial charge in [-0.25, -0.2) is 4.74 Å². The van der Waals surface area contributed by atoms with Gasteiger partial charge in [-0.05, 0) is 86.1 Å². The van der Waals surface area contributed by atoms with E-state index in [-0.39, 0.29) is 22.3 Å². The molecule has 0 bridgehead atoms. The highest BCUT2D eigenvalue weighted by Gasteiger charge is 2.37. The molecule has 0 aliphatic rings. The van der Waals surface area contributed by atoms with Gasteiger partial charge in [-0.1, -0.05) is 102 Å². The van der Waals surface area contributed by atoms with Crippen LogP contribution in [0.3, 0.4) is 0 Å². The fourth-order valence-electron chi connectivity index (χ4n) is 5.89. The molecule has 5 nitrogen and oxygen atoms in total. The molecule has 0 fully saturated rings. The lowest BCUT2D eigenvalue weighted by Crippen LogP contribution is -2.30. The molecule has 2 N–H and O–H groups in total. The van der Waals surface area contributed by atoms with E-state index < -0.39 is 7.21 Å². The summed E-state index contributed by atoms with van der Waals surface area (Å²) in [6.45, 7) is 18.8. The lowest BCUT2D eigenvalue weighted by Gasteiger charge is -2.36. The number of hydrogen-bond acceptors (Lipinski definition) is 4. The van der Waals surface area contributed by atoms with Crippen molar-refractivity contribution in [2.45, 2.75) is 73.1 Å². The number of aromatic hydroxyl groups is 2. The Morgan fingerprint density at radius 1 is 0.682 bits per heavy atom. The number of benzene rings is 4. The van der Waals surface area contributed by atoms with Gasteiger partial charge < -0.3 is 10.2 Å². The highest BCUT2D eigenvalue weighted by Crippen LogP contribution is 2.57. The van der Waals surface area contributed by atoms with Crippen molar-refractivity contribution < 1.29 is 10.2 Å². The minimum atomic E-state index is -3.01. The van der Waals surface area contributed by atoms with Crippen LogP contribution in [0.25, 0.3) is 0 Å². The van der Waals surface area contributed by atoms with Gasteiger partial charge in [-0.3, -0.25) is 9.66 Å². The van der Waals surface area contributed by atoms with E-state index in [9.17, 15) is 10.2 Å². The molecule has 4 rings (SSSR count). The van der Waals surface area contributed by atoms with Gasteiger partial charge in [0.25, 0.3) is 0 Å². The average Bonchev–Trinajstić information content (AvgIpc) is 2.91. The third-order valence-electron chi connectivity index (χ3n) is 8.05. The summed E-state index contributed by atoms with van der Waals surface area (Å²) in [5.41, 5.74) is 7.07. The molecule has 4 aromatic rings. The molecule has 6 heteroatoms. The number of rotatable bonds is 6. The summed E-state index contributed by atoms with van der Waals surface area (Å²) in [4.78, 5) is 4.94. The first kappa shape index (κ1) is 33.2. The molecule has 0 aliphatic heterocycles. The van der Waals surface area contributed by atoms with Crippen LogP contribution in [0.15, 0.2) is 82.5 Å². The van der Waals surface area contributed by atoms with Crippen LogP contribution >= 0.6 is 7.21 Å². The van der Waals surface area contributed by atoms with Gasteiger partial charge in [-0.15, -0.1) is 0 Å². The van der Waals surface area contributed by atoms with Crippen molar-refractivity contribution in [2.24, 2.45) is 9.74 Å². The molecular weight excluding hydrogens is 561 g/mol. The zero-order chi connectivity index (χ0) is 32.6. The highest BCUT2D eigenvalue weighted by molar-refractivity contribution is 7.79. The summed E-state index contributed by atoms with van der Waals surface area (Å²) in [6, 6.07) is 24.1. The van der Waals surface area contributed by atoms with E-state index >= 15 is 0 Å². The molecular formula is C38H48N3O2P. The van der Waals surface area contributed by atoms with Gasteiger partial charge in [0.1, 0.15) is 18.7 Å². The van der Waals surface area contributed by atoms with E-state index in [0.29, 0.717) is 10.6 Å². The van der Waals surface area contributed by atoms with Gasteiger partial charge in [0.05, 0.1) is 22.0 Å². The highest BCUT2D eigenvalue weighted by atomic mass is 31.2. The first-order chi connectivity index (χ1) is 20.5. The first-order valence-corrected chi connectivity index (χ1v) is 16.8. The second-order valence-corrected chi connectivity index (χ2v) is 17.1. The topological polar surface area (TPSA) is 68.4 Å². The number of aryl methyl sites for hydroxylation is 3. The standard InChI is InChI=1S/C38H48N3O2P/c1-25-22-26(2)34(27(3)23-25)39-24-28-16-12-13-19-31(28)40-44(41(10)11,32-20-14-17-29(35(32)42)37(4,5)6)33-21-15-18-30(36(33)43)38(7,8)9/h12-24,42-43H,1-11H3. The normalized spacial score (nSPS) is 12.7. The second-order valence-electron chi connectivity index (χ2n) is 14.0. The van der Waals surface area contributed by atoms with Gasteiger partial charge in [0.2, 0.25) is 0 Å². The predicted octanol–water partition coefficient (Wildman–Crippen LogP) is 9.33. The Bertz CT molecular complexity index is 1680. The number of aliphatic imine (C=N–C) groups is 1. The molecule has 0 saturated carbocycles. The maximum atomic E-state index is 12.0. The van der Waals surface area contributed by atoms with E-state index in [4.69, 9.17) is 9.74 Å². The zero-order valence-corrected chi connectivity index (χ0v) is 29.1. The lowest BCUT2D eigenvalue weighted by molar-refractivity contribution is 0.449. The Balaban J connectivity index is 2.13. The maximum absolute atomic E-state index is 12.0. The molecule has 0 spiro atoms. The average molecular weight is 610 g/mol. The number of nitrogens with zero attached hydrogens (tertiary/aromatic N) is 3. The fourth-order valence-corrected chi connectivity index (χ4v) is 9.32. The van der Waals surface area contributed by atoms with E-state index in [0.717, 1.165) is 39.2 Å². The van der Waals surface area contributed by atoms with Gasteiger partial charge in [0, 0.05) is 11.8 Å². The van der Waals surface area contributed by atoms with Crippen molar-refractivity contribution in [3.8, 4) is 11.5 Å². The SMILES string of the molecule is Cc1cc(C)c(N=Cc2ccccc2N=P(c2cccc(C(C)(C)C)c2O)(c2cccc(C(C)(C)C)c2O)N(C)C)c(C)c1. The Morgan fingerprint density at radius 2 is 1.16 bits per heavy atom. The molecule has 0 amide bonds. The molecule has 0 unspecified atom stereocenters. The predicted molar refractivity (Wildman–Crippen MR) is 190 cm³/mol. The minimum absolute atomic E-state index is 0.211. The fraction of sp³-hybridized carbons (Fsp3) is 0.342. The molecule has 0 heterocycles. The number of phenolic OH excluding ortho intramolecular Hbond substituents is 2. The van der Waals surface area contributed by atoms with E-state index in [2.05, 4.69) is 79.1 Å². The molecule has 232 valence electrons. The van der Waals surface area contributed by atoms with Crippen molar-refractivity contribution in [3.05, 3.63) is 106 Å². The van der Waals surface area contributed by atoms with Crippen LogP contribution in [0.1, 0.15) is 74.9 Å². The van der Waals surface area contributed by atoms with Crippen LogP contribution in [0.4, 0.5) is 11.4 Å². The van der Waals surface area contributed by atoms with Crippen molar-refractivity contribution in [1.82, 2.24) is 4.67 Å². The monoisotopic (exact) mass is 609 g/mol. The van der Waals surface area contributed by atoms with Gasteiger partial charge >= 0.3 is 0 Å². The summed E-state index contributed by atoms with van der Waals surface area (Å²) < 4.78 is 7.68. The van der Waals surface area contributed by atoms with Gasteiger partial charge in [-0.2, -0.15) is 0 Å². The summed E-state index contributed by atoms with van der Waals surface area (Å²) >= 11 is 0. The third kappa shape index (κ3) is 6.41. The van der Waals surface area contributed by atoms with E-state index in [1.807, 2.05) is 81.0 Å². The quantitative estimate of drug-likeness (QED) is 0.169. The maximum Gasteiger partial charge on any atom is 0.129 e. The number of phenols is 2. The van der Waals surface area contributed by atoms with Crippen molar-refractivity contribution in [1.29, 1.82) is 0 Å². The van der Waals surface area contributed by atoms with Crippen LogP contribution in [-0.2, 0) is 10.8 Å². The van der Waals surface area contributed by atoms with E-state index in [1.54, 1.807) is 0 Å². The molecule has 0 atom stereocenters. The number of para-hydroxylation sites is 2. The van der Waals surface area contributed by atoms with Gasteiger partial charge in [0.15, 0.2) is 0 Å². The zero-order valence-electron chi connectivity index (χ0n) is 28.2. The Hall–Kier alpha value is -3.66. The molecule has 44 heavy (non-hydrogen) atoms. The lowest BCUT2D eigenvalue weighted by atomic mass is 9.86. The van der Waals surface area contributed by atoms with Crippen LogP contribution < -0.4 is 10.6 Å². The summed E-state index contributed by atoms with van der Waals surface area (Å²) in [7, 11) is 0.957. The Labute approximate surface area is 264 Å². The molecule has 4 aromatic carbocycles. The molecule has 0 radical (unpaired) electrons. The van der Waals surface area contributed by atoms with Crippen LogP contribution in [-0.4, -0.2) is 35.2 Å². The second kappa shape index (κ2) is 12.4. The smallest absolute Gasteiger partial charge is 0.129 e. The Morgan fingerprint density at radius 3 is 1.61 bits per heavy atom. The number of hydrogen-bond donors (Lipinski definition) is 2. The molecule has 0 saturated heterocycles. The first-order valence-electron chi connectivity index (χ1n) is 15.2. The van der Waals surface area contributed by atoms with Crippen molar-refractivity contribution in [2.75, 3.05) is 14.1 Å². The van der Waals surface area contributed by atoms with Crippen molar-refractivity contribution in [3.63, 3.8) is 0 Å². The summed E-state index contributed by atoms with van der Waals surface area (Å²) in [6.07, 6.45) is 1.88. The van der Waals surface area contributed by atoms with E-state index in [1.165, 1.54) is 5.56 Å². The molecule has 0 aliphatic carbocycles. The minimum Gasteiger partial charge on any atom is -0.507 e. The molecule has 0 aromatic heterocycles. The largest absolute Gasteiger partial charge is 0.507 e. The Kier molecular flexibility index (Phi) is 9.35.